The van der Waals surface area contributed by atoms with E-state index in [-0.39, 0.29) is 23.8 Å². The monoisotopic (exact) mass is 432 g/mol. The highest BCUT2D eigenvalue weighted by atomic mass is 16.6. The quantitative estimate of drug-likeness (QED) is 0.252. The van der Waals surface area contributed by atoms with E-state index in [1.807, 2.05) is 48.5 Å². The lowest BCUT2D eigenvalue weighted by Crippen LogP contribution is -2.36. The fourth-order valence-electron chi connectivity index (χ4n) is 4.21. The highest BCUT2D eigenvalue weighted by Gasteiger charge is 2.39. The number of rotatable bonds is 7. The summed E-state index contributed by atoms with van der Waals surface area (Å²) in [6.45, 7) is -0.0692. The third kappa shape index (κ3) is 3.72. The molecular formula is C24H20N2O6. The molecule has 0 amide bonds. The van der Waals surface area contributed by atoms with Crippen LogP contribution in [0.4, 0.5) is 5.69 Å². The molecular weight excluding hydrogens is 412 g/mol. The predicted molar refractivity (Wildman–Crippen MR) is 116 cm³/mol. The minimum Gasteiger partial charge on any atom is -0.481 e. The Morgan fingerprint density at radius 1 is 0.969 bits per heavy atom. The number of ether oxygens (including phenoxy) is 1. The van der Waals surface area contributed by atoms with Crippen LogP contribution in [0.2, 0.25) is 0 Å². The Labute approximate surface area is 183 Å². The van der Waals surface area contributed by atoms with Crippen molar-refractivity contribution < 1.29 is 24.4 Å². The highest BCUT2D eigenvalue weighted by Crippen LogP contribution is 2.44. The van der Waals surface area contributed by atoms with E-state index in [1.165, 1.54) is 24.3 Å². The van der Waals surface area contributed by atoms with Crippen molar-refractivity contribution in [3.8, 4) is 11.1 Å². The fraction of sp³-hybridized carbons (Fsp3) is 0.167. The van der Waals surface area contributed by atoms with Gasteiger partial charge in [-0.05, 0) is 22.3 Å². The van der Waals surface area contributed by atoms with E-state index in [0.29, 0.717) is 0 Å². The van der Waals surface area contributed by atoms with Crippen LogP contribution in [0.1, 0.15) is 28.7 Å². The average Bonchev–Trinajstić information content (AvgIpc) is 3.11. The first-order valence-corrected chi connectivity index (χ1v) is 9.96. The van der Waals surface area contributed by atoms with E-state index in [0.717, 1.165) is 22.3 Å². The zero-order chi connectivity index (χ0) is 22.8. The topological polar surface area (TPSA) is 133 Å². The van der Waals surface area contributed by atoms with Crippen molar-refractivity contribution in [1.29, 1.82) is 0 Å². The van der Waals surface area contributed by atoms with Gasteiger partial charge < -0.3 is 15.6 Å². The van der Waals surface area contributed by atoms with E-state index in [2.05, 4.69) is 0 Å². The number of carbonyl (C=O) groups excluding carboxylic acids is 1. The first kappa shape index (κ1) is 21.2. The normalized spacial score (nSPS) is 14.2. The summed E-state index contributed by atoms with van der Waals surface area (Å²) in [4.78, 5) is 35.3. The summed E-state index contributed by atoms with van der Waals surface area (Å²) in [5, 5.41) is 21.0. The van der Waals surface area contributed by atoms with E-state index in [4.69, 9.17) is 10.5 Å². The Morgan fingerprint density at radius 2 is 1.50 bits per heavy atom. The number of carbonyl (C=O) groups is 2. The van der Waals surface area contributed by atoms with Crippen LogP contribution >= 0.6 is 0 Å². The molecule has 1 aliphatic carbocycles. The van der Waals surface area contributed by atoms with Crippen molar-refractivity contribution in [2.24, 2.45) is 11.7 Å². The number of nitro groups is 1. The minimum absolute atomic E-state index is 0.0431. The maximum absolute atomic E-state index is 12.8. The molecule has 162 valence electrons. The molecule has 32 heavy (non-hydrogen) atoms. The molecule has 1 aliphatic rings. The minimum atomic E-state index is -1.79. The van der Waals surface area contributed by atoms with Crippen molar-refractivity contribution in [3.05, 3.63) is 99.6 Å². The number of hydrogen-bond acceptors (Lipinski definition) is 6. The third-order valence-corrected chi connectivity index (χ3v) is 5.73. The summed E-state index contributed by atoms with van der Waals surface area (Å²) < 4.78 is 5.44. The summed E-state index contributed by atoms with van der Waals surface area (Å²) in [7, 11) is 0. The Bertz CT molecular complexity index is 1160. The second kappa shape index (κ2) is 8.60. The summed E-state index contributed by atoms with van der Waals surface area (Å²) in [5.74, 6) is -4.58. The van der Waals surface area contributed by atoms with Crippen LogP contribution in [0.25, 0.3) is 11.1 Å². The number of aliphatic carboxylic acids is 1. The molecule has 0 saturated heterocycles. The number of hydrogen-bond donors (Lipinski definition) is 2. The molecule has 8 heteroatoms. The van der Waals surface area contributed by atoms with Crippen LogP contribution in [0, 0.1) is 16.0 Å². The molecule has 0 saturated carbocycles. The van der Waals surface area contributed by atoms with Crippen LogP contribution in [-0.2, 0) is 14.3 Å². The Hall–Kier alpha value is -4.04. The second-order valence-electron chi connectivity index (χ2n) is 7.51. The highest BCUT2D eigenvalue weighted by molar-refractivity contribution is 5.95. The molecule has 3 N–H and O–H groups in total. The first-order chi connectivity index (χ1) is 15.4. The lowest BCUT2D eigenvalue weighted by atomic mass is 9.92. The summed E-state index contributed by atoms with van der Waals surface area (Å²) >= 11 is 0. The van der Waals surface area contributed by atoms with Crippen molar-refractivity contribution in [1.82, 2.24) is 0 Å². The second-order valence-corrected chi connectivity index (χ2v) is 7.51. The van der Waals surface area contributed by atoms with Gasteiger partial charge in [-0.2, -0.15) is 0 Å². The number of para-hydroxylation sites is 1. The van der Waals surface area contributed by atoms with E-state index < -0.39 is 28.8 Å². The molecule has 1 unspecified atom stereocenters. The molecule has 0 aliphatic heterocycles. The number of nitro benzene ring substituents is 1. The number of nitrogens with zero attached hydrogens (tertiary/aromatic N) is 1. The molecule has 8 nitrogen and oxygen atoms in total. The Morgan fingerprint density at radius 3 is 2.06 bits per heavy atom. The van der Waals surface area contributed by atoms with Gasteiger partial charge in [-0.3, -0.25) is 19.7 Å². The molecule has 0 bridgehead atoms. The number of carboxylic acids is 1. The van der Waals surface area contributed by atoms with Crippen LogP contribution in [-0.4, -0.2) is 28.6 Å². The zero-order valence-corrected chi connectivity index (χ0v) is 16.9. The van der Waals surface area contributed by atoms with Crippen molar-refractivity contribution in [3.63, 3.8) is 0 Å². The standard InChI is InChI=1S/C24H20N2O6/c25-22(18-11-5-6-12-20(18)26(30)31)21(23(27)28)24(29)32-13-19-16-9-3-1-7-14(16)15-8-2-4-10-17(15)19/h1-12,19,21-22H,13,25H2,(H,27,28)/t21-,22?/m1/s1. The lowest BCUT2D eigenvalue weighted by molar-refractivity contribution is -0.385. The van der Waals surface area contributed by atoms with Gasteiger partial charge in [-0.25, -0.2) is 0 Å². The fourth-order valence-corrected chi connectivity index (χ4v) is 4.21. The summed E-state index contributed by atoms with van der Waals surface area (Å²) in [5.41, 5.74) is 9.68. The van der Waals surface area contributed by atoms with Gasteiger partial charge in [0.2, 0.25) is 0 Å². The Kier molecular flexibility index (Phi) is 5.70. The van der Waals surface area contributed by atoms with Gasteiger partial charge in [0.1, 0.15) is 6.61 Å². The van der Waals surface area contributed by atoms with Gasteiger partial charge in [-0.15, -0.1) is 0 Å². The molecule has 0 fully saturated rings. The third-order valence-electron chi connectivity index (χ3n) is 5.73. The van der Waals surface area contributed by atoms with Crippen molar-refractivity contribution >= 4 is 17.6 Å². The average molecular weight is 432 g/mol. The predicted octanol–water partition coefficient (Wildman–Crippen LogP) is 3.65. The van der Waals surface area contributed by atoms with Gasteiger partial charge in [0, 0.05) is 17.5 Å². The molecule has 2 atom stereocenters. The molecule has 0 spiro atoms. The molecule has 0 heterocycles. The largest absolute Gasteiger partial charge is 0.481 e. The molecule has 3 aromatic carbocycles. The zero-order valence-electron chi connectivity index (χ0n) is 16.9. The Balaban J connectivity index is 1.58. The smallest absolute Gasteiger partial charge is 0.322 e. The van der Waals surface area contributed by atoms with Crippen LogP contribution in [0.5, 0.6) is 0 Å². The maximum Gasteiger partial charge on any atom is 0.322 e. The van der Waals surface area contributed by atoms with E-state index in [9.17, 15) is 24.8 Å². The maximum atomic E-state index is 12.8. The summed E-state index contributed by atoms with van der Waals surface area (Å²) in [6, 6.07) is 19.6. The molecule has 3 aromatic rings. The van der Waals surface area contributed by atoms with Gasteiger partial charge in [-0.1, -0.05) is 66.7 Å². The van der Waals surface area contributed by atoms with Gasteiger partial charge in [0.25, 0.3) is 5.69 Å². The lowest BCUT2D eigenvalue weighted by Gasteiger charge is -2.21. The summed E-state index contributed by atoms with van der Waals surface area (Å²) in [6.07, 6.45) is 0. The van der Waals surface area contributed by atoms with Crippen molar-refractivity contribution in [2.45, 2.75) is 12.0 Å². The SMILES string of the molecule is NC(c1ccccc1[N+](=O)[O-])[C@H](C(=O)O)C(=O)OCC1c2ccccc2-c2ccccc21. The molecule has 0 aromatic heterocycles. The van der Waals surface area contributed by atoms with Crippen molar-refractivity contribution in [2.75, 3.05) is 6.61 Å². The van der Waals surface area contributed by atoms with Gasteiger partial charge in [0.05, 0.1) is 11.0 Å². The number of benzene rings is 3. The van der Waals surface area contributed by atoms with E-state index >= 15 is 0 Å². The number of fused-ring (bicyclic) bond motifs is 3. The molecule has 0 radical (unpaired) electrons. The van der Waals surface area contributed by atoms with Gasteiger partial charge in [0.15, 0.2) is 5.92 Å². The first-order valence-electron chi connectivity index (χ1n) is 9.96. The molecule has 4 rings (SSSR count). The van der Waals surface area contributed by atoms with E-state index in [1.54, 1.807) is 0 Å². The number of nitrogens with two attached hydrogens (primary N) is 1. The number of esters is 1. The van der Waals surface area contributed by atoms with Crippen LogP contribution in [0.3, 0.4) is 0 Å². The number of carboxylic acid groups (broad SMARTS) is 1. The van der Waals surface area contributed by atoms with Crippen LogP contribution < -0.4 is 5.73 Å². The van der Waals surface area contributed by atoms with Crippen LogP contribution in [0.15, 0.2) is 72.8 Å². The van der Waals surface area contributed by atoms with Gasteiger partial charge >= 0.3 is 11.9 Å².